The molecular formula is C28H44O3S. The number of methoxy groups -OCH3 is 1. The van der Waals surface area contributed by atoms with Gasteiger partial charge < -0.3 is 4.74 Å². The Morgan fingerprint density at radius 1 is 1.00 bits per heavy atom. The van der Waals surface area contributed by atoms with Gasteiger partial charge in [0, 0.05) is 13.0 Å². The van der Waals surface area contributed by atoms with E-state index in [1.165, 1.54) is 18.4 Å². The molecule has 2 rings (SSSR count). The van der Waals surface area contributed by atoms with E-state index >= 15 is 0 Å². The van der Waals surface area contributed by atoms with Gasteiger partial charge in [0.2, 0.25) is 0 Å². The van der Waals surface area contributed by atoms with E-state index in [1.54, 1.807) is 7.11 Å². The Bertz CT molecular complexity index is 839. The van der Waals surface area contributed by atoms with Gasteiger partial charge in [-0.15, -0.1) is 0 Å². The number of benzene rings is 1. The van der Waals surface area contributed by atoms with E-state index in [-0.39, 0.29) is 17.1 Å². The molecule has 180 valence electrons. The molecule has 0 aromatic heterocycles. The monoisotopic (exact) mass is 460 g/mol. The van der Waals surface area contributed by atoms with E-state index in [1.807, 2.05) is 18.2 Å². The maximum absolute atomic E-state index is 13.9. The normalized spacial score (nSPS) is 25.8. The van der Waals surface area contributed by atoms with E-state index in [2.05, 4.69) is 45.0 Å². The van der Waals surface area contributed by atoms with Crippen molar-refractivity contribution < 1.29 is 13.2 Å². The van der Waals surface area contributed by atoms with Crippen molar-refractivity contribution >= 4 is 9.84 Å². The van der Waals surface area contributed by atoms with Crippen molar-refractivity contribution in [3.63, 3.8) is 0 Å². The first-order valence-electron chi connectivity index (χ1n) is 12.6. The van der Waals surface area contributed by atoms with Crippen LogP contribution in [0, 0.1) is 5.41 Å². The molecule has 2 atom stereocenters. The molecule has 1 fully saturated rings. The zero-order valence-electron chi connectivity index (χ0n) is 20.7. The maximum Gasteiger partial charge on any atom is 0.178 e. The van der Waals surface area contributed by atoms with Gasteiger partial charge in [-0.3, -0.25) is 0 Å². The van der Waals surface area contributed by atoms with Gasteiger partial charge in [0.25, 0.3) is 0 Å². The van der Waals surface area contributed by atoms with E-state index < -0.39 is 9.84 Å². The Labute approximate surface area is 197 Å². The van der Waals surface area contributed by atoms with Crippen molar-refractivity contribution in [1.82, 2.24) is 0 Å². The van der Waals surface area contributed by atoms with E-state index in [0.717, 1.165) is 56.9 Å². The van der Waals surface area contributed by atoms with Gasteiger partial charge in [0.05, 0.1) is 17.3 Å². The van der Waals surface area contributed by atoms with E-state index in [4.69, 9.17) is 4.74 Å². The molecule has 0 radical (unpaired) electrons. The van der Waals surface area contributed by atoms with Crippen LogP contribution in [0.3, 0.4) is 0 Å². The molecule has 3 nitrogen and oxygen atoms in total. The number of ether oxygens (including phenoxy) is 1. The molecule has 0 amide bonds. The predicted octanol–water partition coefficient (Wildman–Crippen LogP) is 7.60. The number of hydrogen-bond donors (Lipinski definition) is 0. The third-order valence-corrected chi connectivity index (χ3v) is 9.06. The average molecular weight is 461 g/mol. The quantitative estimate of drug-likeness (QED) is 0.302. The molecule has 1 aromatic carbocycles. The summed E-state index contributed by atoms with van der Waals surface area (Å²) in [5.41, 5.74) is 1.96. The summed E-state index contributed by atoms with van der Waals surface area (Å²) >= 11 is 0. The molecule has 0 unspecified atom stereocenters. The second-order valence-electron chi connectivity index (χ2n) is 9.42. The lowest BCUT2D eigenvalue weighted by atomic mass is 9.71. The Morgan fingerprint density at radius 3 is 2.34 bits per heavy atom. The molecule has 1 saturated heterocycles. The van der Waals surface area contributed by atoms with Crippen molar-refractivity contribution in [1.29, 1.82) is 0 Å². The van der Waals surface area contributed by atoms with Crippen LogP contribution in [0.5, 0.6) is 0 Å². The first-order valence-corrected chi connectivity index (χ1v) is 14.3. The molecule has 0 N–H and O–H groups in total. The number of unbranched alkanes of at least 4 members (excludes halogenated alkanes) is 5. The third kappa shape index (κ3) is 7.31. The van der Waals surface area contributed by atoms with Crippen LogP contribution in [0.4, 0.5) is 0 Å². The fraction of sp³-hybridized carbons (Fsp3) is 0.643. The van der Waals surface area contributed by atoms with Crippen LogP contribution in [-0.4, -0.2) is 27.9 Å². The highest BCUT2D eigenvalue weighted by molar-refractivity contribution is 7.95. The summed E-state index contributed by atoms with van der Waals surface area (Å²) in [6, 6.07) is 10.5. The minimum atomic E-state index is -3.39. The highest BCUT2D eigenvalue weighted by atomic mass is 32.2. The molecule has 0 bridgehead atoms. The van der Waals surface area contributed by atoms with Gasteiger partial charge in [0.15, 0.2) is 9.84 Å². The maximum atomic E-state index is 13.9. The molecule has 4 heteroatoms. The summed E-state index contributed by atoms with van der Waals surface area (Å²) in [6.45, 7) is 6.99. The average Bonchev–Trinajstić information content (AvgIpc) is 2.89. The second kappa shape index (κ2) is 13.3. The van der Waals surface area contributed by atoms with Crippen LogP contribution >= 0.6 is 0 Å². The molecule has 1 aliphatic heterocycles. The molecule has 1 aromatic rings. The van der Waals surface area contributed by atoms with Crippen molar-refractivity contribution in [3.05, 3.63) is 58.5 Å². The predicted molar refractivity (Wildman–Crippen MR) is 137 cm³/mol. The van der Waals surface area contributed by atoms with Gasteiger partial charge in [-0.2, -0.15) is 0 Å². The fourth-order valence-corrected chi connectivity index (χ4v) is 7.42. The zero-order valence-corrected chi connectivity index (χ0v) is 21.6. The Balaban J connectivity index is 2.60. The van der Waals surface area contributed by atoms with Gasteiger partial charge in [-0.25, -0.2) is 8.42 Å². The van der Waals surface area contributed by atoms with Crippen LogP contribution in [0.1, 0.15) is 96.5 Å². The van der Waals surface area contributed by atoms with Crippen LogP contribution in [0.25, 0.3) is 0 Å². The Kier molecular flexibility index (Phi) is 11.2. The number of hydrogen-bond acceptors (Lipinski definition) is 3. The van der Waals surface area contributed by atoms with Gasteiger partial charge in [0.1, 0.15) is 0 Å². The number of allylic oxidation sites excluding steroid dienone is 2. The summed E-state index contributed by atoms with van der Waals surface area (Å²) in [6.07, 6.45) is 14.3. The summed E-state index contributed by atoms with van der Waals surface area (Å²) in [5.74, 6) is 0.327. The zero-order chi connectivity index (χ0) is 23.5. The summed E-state index contributed by atoms with van der Waals surface area (Å²) in [4.78, 5) is 0.562. The van der Waals surface area contributed by atoms with Crippen molar-refractivity contribution in [2.75, 3.05) is 19.5 Å². The van der Waals surface area contributed by atoms with Gasteiger partial charge in [-0.1, -0.05) is 95.4 Å². The smallest absolute Gasteiger partial charge is 0.178 e. The Morgan fingerprint density at radius 2 is 1.72 bits per heavy atom. The van der Waals surface area contributed by atoms with E-state index in [0.29, 0.717) is 11.5 Å². The minimum absolute atomic E-state index is 0.0716. The SMILES string of the molecule is CCCCCC/C=C1\C(=C/COC)[C@@H](c2ccccc2)C[C@](CC)(CCCC)CS1(=O)=O. The lowest BCUT2D eigenvalue weighted by molar-refractivity contribution is 0.231. The fourth-order valence-electron chi connectivity index (χ4n) is 5.03. The minimum Gasteiger partial charge on any atom is -0.381 e. The Hall–Kier alpha value is -1.39. The molecule has 1 heterocycles. The van der Waals surface area contributed by atoms with Crippen LogP contribution < -0.4 is 0 Å². The molecule has 0 spiro atoms. The molecule has 32 heavy (non-hydrogen) atoms. The highest BCUT2D eigenvalue weighted by Crippen LogP contribution is 2.49. The third-order valence-electron chi connectivity index (χ3n) is 7.00. The van der Waals surface area contributed by atoms with Crippen molar-refractivity contribution in [3.8, 4) is 0 Å². The lowest BCUT2D eigenvalue weighted by Crippen LogP contribution is -2.29. The van der Waals surface area contributed by atoms with Gasteiger partial charge in [-0.05, 0) is 48.7 Å². The molecule has 1 aliphatic rings. The van der Waals surface area contributed by atoms with Crippen molar-refractivity contribution in [2.45, 2.75) is 90.9 Å². The van der Waals surface area contributed by atoms with Crippen LogP contribution in [0.2, 0.25) is 0 Å². The topological polar surface area (TPSA) is 43.4 Å². The number of rotatable bonds is 12. The summed E-state index contributed by atoms with van der Waals surface area (Å²) in [7, 11) is -1.71. The second-order valence-corrected chi connectivity index (χ2v) is 11.4. The first kappa shape index (κ1) is 26.9. The lowest BCUT2D eigenvalue weighted by Gasteiger charge is -2.34. The molecular weight excluding hydrogens is 416 g/mol. The summed E-state index contributed by atoms with van der Waals surface area (Å²) < 4.78 is 33.1. The largest absolute Gasteiger partial charge is 0.381 e. The van der Waals surface area contributed by atoms with Crippen LogP contribution in [0.15, 0.2) is 53.0 Å². The molecule has 0 saturated carbocycles. The van der Waals surface area contributed by atoms with Gasteiger partial charge >= 0.3 is 0 Å². The standard InChI is InChI=1S/C28H44O3S/c1-5-8-10-11-15-18-27-25(19-21-31-4)26(24-16-13-12-14-17-24)22-28(7-3,20-9-6-2)23-32(27,29)30/h12-14,16-19,26H,5-11,15,20-23H2,1-4H3/b25-19-,27-18+/t26-,28+/m1/s1. The van der Waals surface area contributed by atoms with E-state index in [9.17, 15) is 8.42 Å². The molecule has 0 aliphatic carbocycles. The first-order chi connectivity index (χ1) is 15.4. The highest BCUT2D eigenvalue weighted by Gasteiger charge is 2.43. The van der Waals surface area contributed by atoms with Crippen molar-refractivity contribution in [2.24, 2.45) is 5.41 Å². The number of sulfone groups is 1. The summed E-state index contributed by atoms with van der Waals surface area (Å²) in [5, 5.41) is 0. The van der Waals surface area contributed by atoms with Crippen LogP contribution in [-0.2, 0) is 14.6 Å².